The zero-order chi connectivity index (χ0) is 9.98. The van der Waals surface area contributed by atoms with Crippen LogP contribution in [0.4, 0.5) is 0 Å². The predicted molar refractivity (Wildman–Crippen MR) is 53.2 cm³/mol. The van der Waals surface area contributed by atoms with Crippen LogP contribution in [0.2, 0.25) is 0 Å². The van der Waals surface area contributed by atoms with E-state index in [0.29, 0.717) is 5.70 Å². The van der Waals surface area contributed by atoms with Gasteiger partial charge in [0.15, 0.2) is 0 Å². The van der Waals surface area contributed by atoms with Gasteiger partial charge >= 0.3 is 0 Å². The molecule has 0 aliphatic carbocycles. The third-order valence-corrected chi connectivity index (χ3v) is 0.830. The molecule has 0 saturated heterocycles. The molecule has 0 aromatic rings. The van der Waals surface area contributed by atoms with Crippen LogP contribution >= 0.6 is 0 Å². The Morgan fingerprint density at radius 2 is 1.75 bits per heavy atom. The maximum Gasteiger partial charge on any atom is 0.101 e. The van der Waals surface area contributed by atoms with Crippen LogP contribution in [-0.4, -0.2) is 7.11 Å². The summed E-state index contributed by atoms with van der Waals surface area (Å²) in [6.07, 6.45) is 4.52. The Morgan fingerprint density at radius 3 is 1.75 bits per heavy atom. The second-order valence-electron chi connectivity index (χ2n) is 2.45. The lowest BCUT2D eigenvalue weighted by Crippen LogP contribution is -1.89. The number of hydrogen-bond donors (Lipinski definition) is 2. The molecular formula is C9H20N2O. The number of ether oxygens (including phenoxy) is 1. The van der Waals surface area contributed by atoms with E-state index >= 15 is 0 Å². The van der Waals surface area contributed by atoms with Gasteiger partial charge in [0.2, 0.25) is 0 Å². The first-order valence-electron chi connectivity index (χ1n) is 3.91. The van der Waals surface area contributed by atoms with Crippen molar-refractivity contribution in [1.29, 1.82) is 0 Å². The molecule has 4 N–H and O–H groups in total. The second kappa shape index (κ2) is 9.88. The molecule has 0 fully saturated rings. The quantitative estimate of drug-likeness (QED) is 0.623. The molecule has 0 amide bonds. The number of methoxy groups -OCH3 is 1. The van der Waals surface area contributed by atoms with Crippen molar-refractivity contribution in [1.82, 2.24) is 0 Å². The molecule has 0 radical (unpaired) electrons. The normalized spacial score (nSPS) is 11.7. The summed E-state index contributed by atoms with van der Waals surface area (Å²) in [6, 6.07) is 0. The molecule has 0 aliphatic rings. The van der Waals surface area contributed by atoms with Gasteiger partial charge in [0.05, 0.1) is 7.11 Å². The van der Waals surface area contributed by atoms with E-state index < -0.39 is 0 Å². The molecule has 0 rings (SSSR count). The van der Waals surface area contributed by atoms with Crippen molar-refractivity contribution < 1.29 is 4.74 Å². The van der Waals surface area contributed by atoms with Gasteiger partial charge in [0, 0.05) is 11.4 Å². The summed E-state index contributed by atoms with van der Waals surface area (Å²) >= 11 is 0. The summed E-state index contributed by atoms with van der Waals surface area (Å²) in [4.78, 5) is 0. The van der Waals surface area contributed by atoms with E-state index in [1.807, 2.05) is 13.0 Å². The Balaban J connectivity index is 0. The van der Waals surface area contributed by atoms with Crippen LogP contribution in [0.1, 0.15) is 27.2 Å². The van der Waals surface area contributed by atoms with Gasteiger partial charge in [0.1, 0.15) is 6.26 Å². The van der Waals surface area contributed by atoms with E-state index in [0.717, 1.165) is 12.1 Å². The third kappa shape index (κ3) is 23.2. The topological polar surface area (TPSA) is 61.3 Å². The monoisotopic (exact) mass is 172 g/mol. The molecule has 0 spiro atoms. The smallest absolute Gasteiger partial charge is 0.101 e. The Hall–Kier alpha value is -1.12. The fourth-order valence-corrected chi connectivity index (χ4v) is 0.508. The van der Waals surface area contributed by atoms with Gasteiger partial charge in [-0.25, -0.2) is 0 Å². The molecule has 0 unspecified atom stereocenters. The van der Waals surface area contributed by atoms with E-state index in [9.17, 15) is 0 Å². The molecule has 72 valence electrons. The Labute approximate surface area is 75.1 Å². The van der Waals surface area contributed by atoms with Crippen LogP contribution in [0.15, 0.2) is 23.7 Å². The van der Waals surface area contributed by atoms with Gasteiger partial charge in [-0.15, -0.1) is 0 Å². The van der Waals surface area contributed by atoms with Crippen LogP contribution < -0.4 is 11.5 Å². The highest BCUT2D eigenvalue weighted by Gasteiger charge is 1.67. The minimum Gasteiger partial charge on any atom is -0.503 e. The van der Waals surface area contributed by atoms with Gasteiger partial charge in [-0.3, -0.25) is 0 Å². The molecule has 3 nitrogen and oxygen atoms in total. The highest BCUT2D eigenvalue weighted by atomic mass is 16.5. The minimum atomic E-state index is 0.692. The van der Waals surface area contributed by atoms with E-state index in [4.69, 9.17) is 11.5 Å². The first-order valence-corrected chi connectivity index (χ1v) is 3.91. The summed E-state index contributed by atoms with van der Waals surface area (Å²) in [5.74, 6) is 0. The van der Waals surface area contributed by atoms with Crippen molar-refractivity contribution >= 4 is 0 Å². The van der Waals surface area contributed by atoms with Gasteiger partial charge in [0.25, 0.3) is 0 Å². The fraction of sp³-hybridized carbons (Fsp3) is 0.556. The number of allylic oxidation sites excluding steroid dienone is 3. The van der Waals surface area contributed by atoms with Crippen LogP contribution in [0.5, 0.6) is 0 Å². The van der Waals surface area contributed by atoms with Crippen molar-refractivity contribution in [3.8, 4) is 0 Å². The van der Waals surface area contributed by atoms with Crippen molar-refractivity contribution in [2.24, 2.45) is 11.5 Å². The average molecular weight is 172 g/mol. The molecule has 0 aromatic carbocycles. The summed E-state index contributed by atoms with van der Waals surface area (Å²) in [6.45, 7) is 5.73. The van der Waals surface area contributed by atoms with Gasteiger partial charge in [-0.05, 0) is 20.3 Å². The average Bonchev–Trinajstić information content (AvgIpc) is 1.87. The highest BCUT2D eigenvalue weighted by molar-refractivity contribution is 4.89. The predicted octanol–water partition coefficient (Wildman–Crippen LogP) is 1.71. The van der Waals surface area contributed by atoms with E-state index in [-0.39, 0.29) is 0 Å². The molecule has 0 atom stereocenters. The summed E-state index contributed by atoms with van der Waals surface area (Å²) < 4.78 is 4.52. The Kier molecular flexibility index (Phi) is 11.1. The number of nitrogens with two attached hydrogens (primary N) is 2. The largest absolute Gasteiger partial charge is 0.503 e. The number of hydrogen-bond acceptors (Lipinski definition) is 3. The molecular weight excluding hydrogens is 152 g/mol. The number of rotatable bonds is 2. The first kappa shape index (κ1) is 13.5. The van der Waals surface area contributed by atoms with E-state index in [1.165, 1.54) is 6.26 Å². The van der Waals surface area contributed by atoms with E-state index in [1.54, 1.807) is 14.0 Å². The van der Waals surface area contributed by atoms with Crippen LogP contribution in [0, 0.1) is 0 Å². The van der Waals surface area contributed by atoms with Crippen molar-refractivity contribution in [2.45, 2.75) is 27.2 Å². The lowest BCUT2D eigenvalue weighted by atomic mass is 10.4. The molecule has 0 aliphatic heterocycles. The van der Waals surface area contributed by atoms with Crippen LogP contribution in [0.25, 0.3) is 0 Å². The van der Waals surface area contributed by atoms with E-state index in [2.05, 4.69) is 11.7 Å². The fourth-order valence-electron chi connectivity index (χ4n) is 0.508. The first-order chi connectivity index (χ1) is 5.54. The Bertz CT molecular complexity index is 125. The van der Waals surface area contributed by atoms with Crippen LogP contribution in [-0.2, 0) is 4.74 Å². The van der Waals surface area contributed by atoms with Crippen molar-refractivity contribution in [2.75, 3.05) is 7.11 Å². The molecule has 3 heteroatoms. The lowest BCUT2D eigenvalue weighted by molar-refractivity contribution is 0.333. The zero-order valence-electron chi connectivity index (χ0n) is 8.42. The lowest BCUT2D eigenvalue weighted by Gasteiger charge is -1.85. The summed E-state index contributed by atoms with van der Waals surface area (Å²) in [5.41, 5.74) is 12.0. The SMILES string of the molecule is CC/C=C(\C)N.CO/C=C(\C)N. The highest BCUT2D eigenvalue weighted by Crippen LogP contribution is 1.81. The Morgan fingerprint density at radius 1 is 1.25 bits per heavy atom. The summed E-state index contributed by atoms with van der Waals surface area (Å²) in [5, 5.41) is 0. The maximum absolute atomic E-state index is 5.26. The van der Waals surface area contributed by atoms with Crippen molar-refractivity contribution in [3.63, 3.8) is 0 Å². The maximum atomic E-state index is 5.26. The molecule has 0 saturated carbocycles. The minimum absolute atomic E-state index is 0.692. The summed E-state index contributed by atoms with van der Waals surface area (Å²) in [7, 11) is 1.57. The molecule has 12 heavy (non-hydrogen) atoms. The molecule has 0 aromatic heterocycles. The van der Waals surface area contributed by atoms with Gasteiger partial charge in [-0.2, -0.15) is 0 Å². The zero-order valence-corrected chi connectivity index (χ0v) is 8.42. The standard InChI is InChI=1S/C5H11N.C4H9NO/c1-3-4-5(2)6;1-4(5)3-6-2/h4H,3,6H2,1-2H3;3H,5H2,1-2H3/b5-4+;4-3+. The van der Waals surface area contributed by atoms with Gasteiger partial charge < -0.3 is 16.2 Å². The van der Waals surface area contributed by atoms with Gasteiger partial charge in [-0.1, -0.05) is 13.0 Å². The molecule has 0 heterocycles. The molecule has 0 bridgehead atoms. The van der Waals surface area contributed by atoms with Crippen LogP contribution in [0.3, 0.4) is 0 Å². The third-order valence-electron chi connectivity index (χ3n) is 0.830. The second-order valence-corrected chi connectivity index (χ2v) is 2.45. The van der Waals surface area contributed by atoms with Crippen molar-refractivity contribution in [3.05, 3.63) is 23.7 Å².